The maximum Gasteiger partial charge on any atom is 0.0315 e. The minimum atomic E-state index is 0.662. The molecule has 14 heavy (non-hydrogen) atoms. The van der Waals surface area contributed by atoms with E-state index < -0.39 is 0 Å². The van der Waals surface area contributed by atoms with Crippen LogP contribution in [0.5, 0.6) is 0 Å². The Morgan fingerprint density at radius 3 is 3.00 bits per heavy atom. The fraction of sp³-hybridized carbons (Fsp3) is 0.583. The predicted octanol–water partition coefficient (Wildman–Crippen LogP) is 2.28. The molecule has 0 amide bonds. The lowest BCUT2D eigenvalue weighted by Gasteiger charge is -2.13. The van der Waals surface area contributed by atoms with Crippen molar-refractivity contribution in [3.05, 3.63) is 29.6 Å². The summed E-state index contributed by atoms with van der Waals surface area (Å²) in [6, 6.07) is 2.73. The lowest BCUT2D eigenvalue weighted by atomic mass is 10.1. The first-order chi connectivity index (χ1) is 6.77. The van der Waals surface area contributed by atoms with Gasteiger partial charge in [0, 0.05) is 25.0 Å². The van der Waals surface area contributed by atoms with E-state index in [0.717, 1.165) is 12.5 Å². The van der Waals surface area contributed by atoms with Gasteiger partial charge in [-0.1, -0.05) is 0 Å². The average molecular weight is 190 g/mol. The van der Waals surface area contributed by atoms with Gasteiger partial charge < -0.3 is 5.32 Å². The van der Waals surface area contributed by atoms with Gasteiger partial charge in [-0.3, -0.25) is 4.98 Å². The van der Waals surface area contributed by atoms with E-state index in [1.54, 1.807) is 0 Å². The summed E-state index contributed by atoms with van der Waals surface area (Å²) in [4.78, 5) is 4.14. The SMILES string of the molecule is Cc1ccncc1CNC(C)C1CC1. The van der Waals surface area contributed by atoms with Crippen molar-refractivity contribution in [2.75, 3.05) is 0 Å². The van der Waals surface area contributed by atoms with Gasteiger partial charge in [-0.25, -0.2) is 0 Å². The zero-order valence-electron chi connectivity index (χ0n) is 8.96. The quantitative estimate of drug-likeness (QED) is 0.788. The van der Waals surface area contributed by atoms with E-state index in [4.69, 9.17) is 0 Å². The molecule has 1 unspecified atom stereocenters. The van der Waals surface area contributed by atoms with E-state index in [9.17, 15) is 0 Å². The van der Waals surface area contributed by atoms with Crippen LogP contribution in [-0.2, 0) is 6.54 Å². The minimum Gasteiger partial charge on any atom is -0.310 e. The van der Waals surface area contributed by atoms with Gasteiger partial charge in [0.2, 0.25) is 0 Å². The van der Waals surface area contributed by atoms with Crippen molar-refractivity contribution >= 4 is 0 Å². The second kappa shape index (κ2) is 4.09. The van der Waals surface area contributed by atoms with Gasteiger partial charge >= 0.3 is 0 Å². The number of hydrogen-bond donors (Lipinski definition) is 1. The summed E-state index contributed by atoms with van der Waals surface area (Å²) in [6.07, 6.45) is 6.62. The zero-order valence-corrected chi connectivity index (χ0v) is 8.96. The molecule has 1 N–H and O–H groups in total. The van der Waals surface area contributed by atoms with Crippen molar-refractivity contribution in [2.24, 2.45) is 5.92 Å². The molecule has 1 aromatic heterocycles. The summed E-state index contributed by atoms with van der Waals surface area (Å²) in [7, 11) is 0. The van der Waals surface area contributed by atoms with Gasteiger partial charge in [-0.2, -0.15) is 0 Å². The average Bonchev–Trinajstić information content (AvgIpc) is 2.99. The summed E-state index contributed by atoms with van der Waals surface area (Å²) < 4.78 is 0. The second-order valence-corrected chi connectivity index (χ2v) is 4.31. The number of rotatable bonds is 4. The second-order valence-electron chi connectivity index (χ2n) is 4.31. The maximum atomic E-state index is 4.14. The highest BCUT2D eigenvalue weighted by Crippen LogP contribution is 2.32. The molecular weight excluding hydrogens is 172 g/mol. The fourth-order valence-corrected chi connectivity index (χ4v) is 1.72. The van der Waals surface area contributed by atoms with Crippen molar-refractivity contribution in [3.8, 4) is 0 Å². The van der Waals surface area contributed by atoms with Crippen molar-refractivity contribution in [3.63, 3.8) is 0 Å². The smallest absolute Gasteiger partial charge is 0.0315 e. The lowest BCUT2D eigenvalue weighted by Crippen LogP contribution is -2.27. The van der Waals surface area contributed by atoms with Crippen LogP contribution in [0.2, 0.25) is 0 Å². The van der Waals surface area contributed by atoms with Gasteiger partial charge in [-0.15, -0.1) is 0 Å². The first-order valence-corrected chi connectivity index (χ1v) is 5.40. The van der Waals surface area contributed by atoms with Crippen LogP contribution >= 0.6 is 0 Å². The van der Waals surface area contributed by atoms with Crippen molar-refractivity contribution < 1.29 is 0 Å². The van der Waals surface area contributed by atoms with Crippen LogP contribution in [0, 0.1) is 12.8 Å². The van der Waals surface area contributed by atoms with Gasteiger partial charge in [0.1, 0.15) is 0 Å². The summed E-state index contributed by atoms with van der Waals surface area (Å²) in [5.74, 6) is 0.923. The molecule has 2 nitrogen and oxygen atoms in total. The highest BCUT2D eigenvalue weighted by Gasteiger charge is 2.27. The van der Waals surface area contributed by atoms with Crippen LogP contribution in [-0.4, -0.2) is 11.0 Å². The highest BCUT2D eigenvalue weighted by atomic mass is 14.9. The van der Waals surface area contributed by atoms with E-state index >= 15 is 0 Å². The molecule has 1 aliphatic carbocycles. The standard InChI is InChI=1S/C12H18N2/c1-9-5-6-13-7-12(9)8-14-10(2)11-3-4-11/h5-7,10-11,14H,3-4,8H2,1-2H3. The van der Waals surface area contributed by atoms with Gasteiger partial charge in [0.05, 0.1) is 0 Å². The fourth-order valence-electron chi connectivity index (χ4n) is 1.72. The summed E-state index contributed by atoms with van der Waals surface area (Å²) >= 11 is 0. The highest BCUT2D eigenvalue weighted by molar-refractivity contribution is 5.21. The molecule has 2 heteroatoms. The van der Waals surface area contributed by atoms with E-state index in [2.05, 4.69) is 30.2 Å². The Labute approximate surface area is 85.7 Å². The van der Waals surface area contributed by atoms with E-state index in [1.807, 2.05) is 12.4 Å². The van der Waals surface area contributed by atoms with Crippen molar-refractivity contribution in [2.45, 2.75) is 39.3 Å². The Balaban J connectivity index is 1.87. The van der Waals surface area contributed by atoms with E-state index in [-0.39, 0.29) is 0 Å². The Bertz CT molecular complexity index is 305. The topological polar surface area (TPSA) is 24.9 Å². The predicted molar refractivity (Wildman–Crippen MR) is 58.0 cm³/mol. The van der Waals surface area contributed by atoms with E-state index in [1.165, 1.54) is 24.0 Å². The number of pyridine rings is 1. The molecule has 76 valence electrons. The molecule has 0 bridgehead atoms. The molecule has 1 heterocycles. The van der Waals surface area contributed by atoms with E-state index in [0.29, 0.717) is 6.04 Å². The molecule has 1 atom stereocenters. The zero-order chi connectivity index (χ0) is 9.97. The molecule has 2 rings (SSSR count). The van der Waals surface area contributed by atoms with Crippen molar-refractivity contribution in [1.29, 1.82) is 0 Å². The molecule has 0 aliphatic heterocycles. The third kappa shape index (κ3) is 2.32. The summed E-state index contributed by atoms with van der Waals surface area (Å²) in [6.45, 7) is 5.38. The van der Waals surface area contributed by atoms with Crippen LogP contribution < -0.4 is 5.32 Å². The molecule has 0 radical (unpaired) electrons. The first-order valence-electron chi connectivity index (χ1n) is 5.40. The molecular formula is C12H18N2. The monoisotopic (exact) mass is 190 g/mol. The number of hydrogen-bond acceptors (Lipinski definition) is 2. The first kappa shape index (κ1) is 9.66. The molecule has 1 fully saturated rings. The summed E-state index contributed by atoms with van der Waals surface area (Å²) in [5, 5.41) is 3.56. The Morgan fingerprint density at radius 2 is 2.36 bits per heavy atom. The minimum absolute atomic E-state index is 0.662. The van der Waals surface area contributed by atoms with Gasteiger partial charge in [0.15, 0.2) is 0 Å². The molecule has 1 saturated carbocycles. The normalized spacial score (nSPS) is 18.1. The van der Waals surface area contributed by atoms with Crippen LogP contribution in [0.1, 0.15) is 30.9 Å². The Kier molecular flexibility index (Phi) is 2.82. The third-order valence-electron chi connectivity index (χ3n) is 3.09. The number of nitrogens with one attached hydrogen (secondary N) is 1. The van der Waals surface area contributed by atoms with Crippen LogP contribution in [0.25, 0.3) is 0 Å². The molecule has 0 spiro atoms. The number of aryl methyl sites for hydroxylation is 1. The van der Waals surface area contributed by atoms with Gasteiger partial charge in [0.25, 0.3) is 0 Å². The molecule has 0 saturated heterocycles. The van der Waals surface area contributed by atoms with Crippen molar-refractivity contribution in [1.82, 2.24) is 10.3 Å². The van der Waals surface area contributed by atoms with Crippen LogP contribution in [0.3, 0.4) is 0 Å². The molecule has 1 aromatic rings. The Morgan fingerprint density at radius 1 is 1.57 bits per heavy atom. The van der Waals surface area contributed by atoms with Gasteiger partial charge in [-0.05, 0) is 49.8 Å². The summed E-state index contributed by atoms with van der Waals surface area (Å²) in [5.41, 5.74) is 2.65. The largest absolute Gasteiger partial charge is 0.310 e. The Hall–Kier alpha value is -0.890. The molecule has 1 aliphatic rings. The van der Waals surface area contributed by atoms with Crippen LogP contribution in [0.4, 0.5) is 0 Å². The number of nitrogens with zero attached hydrogens (tertiary/aromatic N) is 1. The third-order valence-corrected chi connectivity index (χ3v) is 3.09. The number of aromatic nitrogens is 1. The van der Waals surface area contributed by atoms with Crippen LogP contribution in [0.15, 0.2) is 18.5 Å². The molecule has 0 aromatic carbocycles. The lowest BCUT2D eigenvalue weighted by molar-refractivity contribution is 0.495. The maximum absolute atomic E-state index is 4.14.